The van der Waals surface area contributed by atoms with Crippen molar-refractivity contribution in [2.24, 2.45) is 5.92 Å². The minimum absolute atomic E-state index is 0.0343. The molecular formula is C12H24N2O2. The summed E-state index contributed by atoms with van der Waals surface area (Å²) < 4.78 is 5.42. The molecule has 1 aliphatic heterocycles. The van der Waals surface area contributed by atoms with Crippen molar-refractivity contribution in [2.45, 2.75) is 39.2 Å². The van der Waals surface area contributed by atoms with Crippen LogP contribution in [-0.4, -0.2) is 37.7 Å². The fourth-order valence-electron chi connectivity index (χ4n) is 1.75. The Morgan fingerprint density at radius 1 is 1.50 bits per heavy atom. The highest BCUT2D eigenvalue weighted by molar-refractivity contribution is 5.78. The molecule has 1 amide bonds. The summed E-state index contributed by atoms with van der Waals surface area (Å²) >= 11 is 0. The topological polar surface area (TPSA) is 50.4 Å². The Morgan fingerprint density at radius 3 is 2.81 bits per heavy atom. The molecule has 1 fully saturated rings. The molecule has 1 rings (SSSR count). The zero-order valence-corrected chi connectivity index (χ0v) is 10.6. The predicted molar refractivity (Wildman–Crippen MR) is 64.3 cm³/mol. The molecule has 16 heavy (non-hydrogen) atoms. The molecule has 2 N–H and O–H groups in total. The van der Waals surface area contributed by atoms with Crippen molar-refractivity contribution in [1.29, 1.82) is 0 Å². The van der Waals surface area contributed by atoms with Crippen LogP contribution in [0.1, 0.15) is 33.6 Å². The van der Waals surface area contributed by atoms with Crippen LogP contribution in [0.15, 0.2) is 0 Å². The summed E-state index contributed by atoms with van der Waals surface area (Å²) in [6.07, 6.45) is 2.14. The van der Waals surface area contributed by atoms with Crippen LogP contribution in [-0.2, 0) is 9.53 Å². The molecule has 94 valence electrons. The molecule has 4 nitrogen and oxygen atoms in total. The largest absolute Gasteiger partial charge is 0.380 e. The van der Waals surface area contributed by atoms with Gasteiger partial charge in [0.25, 0.3) is 0 Å². The Bertz CT molecular complexity index is 223. The van der Waals surface area contributed by atoms with Crippen molar-refractivity contribution >= 4 is 5.91 Å². The molecule has 1 aliphatic rings. The van der Waals surface area contributed by atoms with Crippen LogP contribution in [0.4, 0.5) is 0 Å². The minimum atomic E-state index is -0.0343. The molecule has 0 aromatic rings. The van der Waals surface area contributed by atoms with Crippen molar-refractivity contribution < 1.29 is 9.53 Å². The van der Waals surface area contributed by atoms with E-state index in [1.165, 1.54) is 0 Å². The number of rotatable bonds is 5. The lowest BCUT2D eigenvalue weighted by Gasteiger charge is -2.34. The summed E-state index contributed by atoms with van der Waals surface area (Å²) in [7, 11) is 0. The SMILES string of the molecule is CC(C)CNC(=O)CNC1(C)CCCOC1. The fourth-order valence-corrected chi connectivity index (χ4v) is 1.75. The van der Waals surface area contributed by atoms with Crippen LogP contribution in [0, 0.1) is 5.92 Å². The second kappa shape index (κ2) is 6.21. The van der Waals surface area contributed by atoms with Gasteiger partial charge in [0.2, 0.25) is 5.91 Å². The first kappa shape index (κ1) is 13.5. The van der Waals surface area contributed by atoms with Gasteiger partial charge in [-0.2, -0.15) is 0 Å². The van der Waals surface area contributed by atoms with E-state index in [-0.39, 0.29) is 11.4 Å². The van der Waals surface area contributed by atoms with Crippen molar-refractivity contribution in [3.63, 3.8) is 0 Å². The molecule has 0 aromatic carbocycles. The van der Waals surface area contributed by atoms with Gasteiger partial charge in [0.1, 0.15) is 0 Å². The highest BCUT2D eigenvalue weighted by atomic mass is 16.5. The van der Waals surface area contributed by atoms with E-state index in [4.69, 9.17) is 4.74 Å². The maximum absolute atomic E-state index is 11.5. The molecule has 0 radical (unpaired) electrons. The Kier molecular flexibility index (Phi) is 5.22. The molecule has 0 bridgehead atoms. The number of ether oxygens (including phenoxy) is 1. The van der Waals surface area contributed by atoms with Gasteiger partial charge in [0, 0.05) is 18.7 Å². The van der Waals surface area contributed by atoms with E-state index in [1.54, 1.807) is 0 Å². The van der Waals surface area contributed by atoms with Gasteiger partial charge in [-0.25, -0.2) is 0 Å². The van der Waals surface area contributed by atoms with Crippen molar-refractivity contribution in [1.82, 2.24) is 10.6 Å². The quantitative estimate of drug-likeness (QED) is 0.735. The third-order valence-electron chi connectivity index (χ3n) is 2.82. The minimum Gasteiger partial charge on any atom is -0.380 e. The van der Waals surface area contributed by atoms with Gasteiger partial charge in [0.05, 0.1) is 13.2 Å². The summed E-state index contributed by atoms with van der Waals surface area (Å²) in [5, 5.41) is 6.18. The Balaban J connectivity index is 2.19. The maximum atomic E-state index is 11.5. The van der Waals surface area contributed by atoms with Crippen molar-refractivity contribution in [2.75, 3.05) is 26.3 Å². The molecule has 0 saturated carbocycles. The van der Waals surface area contributed by atoms with Gasteiger partial charge in [-0.1, -0.05) is 13.8 Å². The first-order valence-electron chi connectivity index (χ1n) is 6.11. The lowest BCUT2D eigenvalue weighted by molar-refractivity contribution is -0.121. The number of nitrogens with one attached hydrogen (secondary N) is 2. The highest BCUT2D eigenvalue weighted by Crippen LogP contribution is 2.17. The molecule has 1 saturated heterocycles. The highest BCUT2D eigenvalue weighted by Gasteiger charge is 2.27. The standard InChI is InChI=1S/C12H24N2O2/c1-10(2)7-13-11(15)8-14-12(3)5-4-6-16-9-12/h10,14H,4-9H2,1-3H3,(H,13,15). The lowest BCUT2D eigenvalue weighted by Crippen LogP contribution is -2.52. The molecule has 1 unspecified atom stereocenters. The molecule has 0 aromatic heterocycles. The monoisotopic (exact) mass is 228 g/mol. The number of carbonyl (C=O) groups is 1. The van der Waals surface area contributed by atoms with Crippen LogP contribution < -0.4 is 10.6 Å². The molecule has 1 atom stereocenters. The maximum Gasteiger partial charge on any atom is 0.233 e. The Labute approximate surface area is 98.1 Å². The number of carbonyl (C=O) groups excluding carboxylic acids is 1. The fraction of sp³-hybridized carbons (Fsp3) is 0.917. The van der Waals surface area contributed by atoms with Gasteiger partial charge in [-0.3, -0.25) is 4.79 Å². The molecular weight excluding hydrogens is 204 g/mol. The average Bonchev–Trinajstić information content (AvgIpc) is 2.25. The second-order valence-electron chi connectivity index (χ2n) is 5.27. The first-order valence-corrected chi connectivity index (χ1v) is 6.11. The van der Waals surface area contributed by atoms with Crippen LogP contribution in [0.25, 0.3) is 0 Å². The van der Waals surface area contributed by atoms with E-state index in [9.17, 15) is 4.79 Å². The van der Waals surface area contributed by atoms with Gasteiger partial charge in [-0.15, -0.1) is 0 Å². The number of hydrogen-bond donors (Lipinski definition) is 2. The van der Waals surface area contributed by atoms with Gasteiger partial charge in [-0.05, 0) is 25.7 Å². The van der Waals surface area contributed by atoms with Crippen LogP contribution in [0.3, 0.4) is 0 Å². The molecule has 4 heteroatoms. The third-order valence-corrected chi connectivity index (χ3v) is 2.82. The van der Waals surface area contributed by atoms with Crippen molar-refractivity contribution in [3.05, 3.63) is 0 Å². The summed E-state index contributed by atoms with van der Waals surface area (Å²) in [6, 6.07) is 0. The smallest absolute Gasteiger partial charge is 0.233 e. The lowest BCUT2D eigenvalue weighted by atomic mass is 9.95. The van der Waals surface area contributed by atoms with Gasteiger partial charge < -0.3 is 15.4 Å². The van der Waals surface area contributed by atoms with E-state index in [1.807, 2.05) is 0 Å². The Morgan fingerprint density at radius 2 is 2.25 bits per heavy atom. The number of hydrogen-bond acceptors (Lipinski definition) is 3. The average molecular weight is 228 g/mol. The van der Waals surface area contributed by atoms with E-state index < -0.39 is 0 Å². The van der Waals surface area contributed by atoms with E-state index in [2.05, 4.69) is 31.4 Å². The van der Waals surface area contributed by atoms with Gasteiger partial charge >= 0.3 is 0 Å². The molecule has 0 spiro atoms. The van der Waals surface area contributed by atoms with E-state index in [0.717, 1.165) is 26.0 Å². The Hall–Kier alpha value is -0.610. The summed E-state index contributed by atoms with van der Waals surface area (Å²) in [4.78, 5) is 11.5. The molecule has 0 aliphatic carbocycles. The summed E-state index contributed by atoms with van der Waals surface area (Å²) in [6.45, 7) is 8.96. The van der Waals surface area contributed by atoms with Crippen LogP contribution >= 0.6 is 0 Å². The molecule has 1 heterocycles. The second-order valence-corrected chi connectivity index (χ2v) is 5.27. The van der Waals surface area contributed by atoms with Gasteiger partial charge in [0.15, 0.2) is 0 Å². The normalized spacial score (nSPS) is 25.8. The first-order chi connectivity index (χ1) is 7.52. The zero-order valence-electron chi connectivity index (χ0n) is 10.6. The predicted octanol–water partition coefficient (Wildman–Crippen LogP) is 0.917. The van der Waals surface area contributed by atoms with Crippen LogP contribution in [0.5, 0.6) is 0 Å². The summed E-state index contributed by atoms with van der Waals surface area (Å²) in [5.74, 6) is 0.568. The van der Waals surface area contributed by atoms with Crippen LogP contribution in [0.2, 0.25) is 0 Å². The number of amides is 1. The van der Waals surface area contributed by atoms with E-state index in [0.29, 0.717) is 19.1 Å². The third kappa shape index (κ3) is 4.94. The zero-order chi connectivity index (χ0) is 12.0. The summed E-state index contributed by atoms with van der Waals surface area (Å²) in [5.41, 5.74) is -0.0343. The van der Waals surface area contributed by atoms with E-state index >= 15 is 0 Å². The van der Waals surface area contributed by atoms with Crippen molar-refractivity contribution in [3.8, 4) is 0 Å².